The SMILES string of the molecule is CC(C)[Si](O[C@@H]1[C@@H](COC(c2ccccc2)(c2ccccc2)c2ccccc2)[C@@H](CCO)[C@H]1O[Si](C)(C)C(C)(C)C)(C(C)C)C(C)C. The Bertz CT molecular complexity index is 1250. The standard InChI is InChI=1S/C41H62O4Si2/c1-30(2)47(31(3)4,32(5)6)45-39-37(36(27-28-42)38(39)44-46(10,11)40(7,8)9)29-43-41(33-21-15-12-16-22-33,34-23-17-13-18-24-34)35-25-19-14-20-26-35/h12-26,30-32,36-39,42H,27-29H2,1-11H3/t36-,37+,38-,39-/m1/s1. The number of aliphatic hydroxyl groups is 1. The maximum atomic E-state index is 10.4. The van der Waals surface area contributed by atoms with Crippen molar-refractivity contribution >= 4 is 16.6 Å². The van der Waals surface area contributed by atoms with Crippen molar-refractivity contribution in [3.63, 3.8) is 0 Å². The van der Waals surface area contributed by atoms with Crippen molar-refractivity contribution in [2.24, 2.45) is 11.8 Å². The van der Waals surface area contributed by atoms with Crippen molar-refractivity contribution in [1.29, 1.82) is 0 Å². The molecule has 4 nitrogen and oxygen atoms in total. The molecular weight excluding hydrogens is 613 g/mol. The summed E-state index contributed by atoms with van der Waals surface area (Å²) in [6.45, 7) is 26.3. The van der Waals surface area contributed by atoms with Crippen LogP contribution in [0.4, 0.5) is 0 Å². The molecule has 0 amide bonds. The van der Waals surface area contributed by atoms with Crippen LogP contribution >= 0.6 is 0 Å². The van der Waals surface area contributed by atoms with Gasteiger partial charge in [0, 0.05) is 12.5 Å². The lowest BCUT2D eigenvalue weighted by Crippen LogP contribution is -2.67. The van der Waals surface area contributed by atoms with Gasteiger partial charge >= 0.3 is 0 Å². The minimum absolute atomic E-state index is 0.0641. The zero-order valence-electron chi connectivity index (χ0n) is 31.0. The van der Waals surface area contributed by atoms with Gasteiger partial charge in [0.25, 0.3) is 0 Å². The summed E-state index contributed by atoms with van der Waals surface area (Å²) in [4.78, 5) is 0. The third-order valence-electron chi connectivity index (χ3n) is 11.5. The third-order valence-corrected chi connectivity index (χ3v) is 22.1. The topological polar surface area (TPSA) is 47.9 Å². The van der Waals surface area contributed by atoms with E-state index in [0.29, 0.717) is 29.7 Å². The predicted molar refractivity (Wildman–Crippen MR) is 202 cm³/mol. The zero-order valence-corrected chi connectivity index (χ0v) is 33.0. The van der Waals surface area contributed by atoms with Crippen LogP contribution in [0.2, 0.25) is 34.8 Å². The molecule has 0 aromatic heterocycles. The van der Waals surface area contributed by atoms with Gasteiger partial charge in [0.1, 0.15) is 5.60 Å². The van der Waals surface area contributed by atoms with Gasteiger partial charge in [-0.3, -0.25) is 0 Å². The maximum Gasteiger partial charge on any atom is 0.200 e. The van der Waals surface area contributed by atoms with Crippen molar-refractivity contribution in [2.75, 3.05) is 13.2 Å². The maximum absolute atomic E-state index is 10.4. The number of ether oxygens (including phenoxy) is 1. The smallest absolute Gasteiger partial charge is 0.200 e. The Kier molecular flexibility index (Phi) is 12.2. The van der Waals surface area contributed by atoms with Gasteiger partial charge < -0.3 is 18.7 Å². The monoisotopic (exact) mass is 674 g/mol. The second kappa shape index (κ2) is 15.2. The van der Waals surface area contributed by atoms with E-state index >= 15 is 0 Å². The van der Waals surface area contributed by atoms with Gasteiger partial charge in [0.05, 0.1) is 18.8 Å². The van der Waals surface area contributed by atoms with Crippen LogP contribution in [0.3, 0.4) is 0 Å². The van der Waals surface area contributed by atoms with Gasteiger partial charge in [-0.1, -0.05) is 153 Å². The van der Waals surface area contributed by atoms with Crippen molar-refractivity contribution < 1.29 is 18.7 Å². The fourth-order valence-electron chi connectivity index (χ4n) is 8.03. The van der Waals surface area contributed by atoms with Crippen molar-refractivity contribution in [1.82, 2.24) is 0 Å². The summed E-state index contributed by atoms with van der Waals surface area (Å²) in [6.07, 6.45) is 0.501. The number of hydrogen-bond donors (Lipinski definition) is 1. The summed E-state index contributed by atoms with van der Waals surface area (Å²) in [7, 11) is -4.41. The Labute approximate surface area is 288 Å². The first-order chi connectivity index (χ1) is 22.1. The number of hydrogen-bond acceptors (Lipinski definition) is 4. The number of rotatable bonds is 15. The van der Waals surface area contributed by atoms with E-state index in [1.807, 2.05) is 0 Å². The first kappa shape index (κ1) is 37.7. The van der Waals surface area contributed by atoms with Crippen LogP contribution in [0.25, 0.3) is 0 Å². The van der Waals surface area contributed by atoms with E-state index in [-0.39, 0.29) is 35.7 Å². The van der Waals surface area contributed by atoms with Crippen LogP contribution in [0, 0.1) is 11.8 Å². The third kappa shape index (κ3) is 7.44. The molecule has 3 aromatic carbocycles. The second-order valence-corrected chi connectivity index (χ2v) is 26.3. The first-order valence-electron chi connectivity index (χ1n) is 17.9. The molecular formula is C41H62O4Si2. The van der Waals surface area contributed by atoms with Crippen LogP contribution < -0.4 is 0 Å². The highest BCUT2D eigenvalue weighted by molar-refractivity contribution is 6.77. The molecule has 0 saturated heterocycles. The molecule has 0 radical (unpaired) electrons. The van der Waals surface area contributed by atoms with E-state index in [1.54, 1.807) is 0 Å². The van der Waals surface area contributed by atoms with Gasteiger partial charge in [-0.25, -0.2) is 0 Å². The molecule has 1 aliphatic carbocycles. The summed E-state index contributed by atoms with van der Waals surface area (Å²) < 4.78 is 22.4. The molecule has 0 unspecified atom stereocenters. The first-order valence-corrected chi connectivity index (χ1v) is 22.9. The molecule has 4 atom stereocenters. The van der Waals surface area contributed by atoms with E-state index in [1.165, 1.54) is 0 Å². The van der Waals surface area contributed by atoms with E-state index < -0.39 is 22.2 Å². The quantitative estimate of drug-likeness (QED) is 0.129. The highest BCUT2D eigenvalue weighted by atomic mass is 28.4. The van der Waals surface area contributed by atoms with Gasteiger partial charge in [0.15, 0.2) is 8.32 Å². The average Bonchev–Trinajstić information content (AvgIpc) is 3.03. The molecule has 0 heterocycles. The van der Waals surface area contributed by atoms with Gasteiger partial charge in [-0.15, -0.1) is 0 Å². The summed E-state index contributed by atoms with van der Waals surface area (Å²) in [6, 6.07) is 31.8. The second-order valence-electron chi connectivity index (χ2n) is 16.2. The number of aliphatic hydroxyl groups excluding tert-OH is 1. The molecule has 1 fully saturated rings. The molecule has 1 N–H and O–H groups in total. The molecule has 4 rings (SSSR count). The predicted octanol–water partition coefficient (Wildman–Crippen LogP) is 10.6. The average molecular weight is 675 g/mol. The number of benzene rings is 3. The molecule has 0 spiro atoms. The lowest BCUT2D eigenvalue weighted by Gasteiger charge is -2.59. The summed E-state index contributed by atoms with van der Waals surface area (Å²) in [5, 5.41) is 10.5. The Morgan fingerprint density at radius 3 is 1.34 bits per heavy atom. The fraction of sp³-hybridized carbons (Fsp3) is 0.561. The zero-order chi connectivity index (χ0) is 34.6. The van der Waals surface area contributed by atoms with Gasteiger partial charge in [-0.2, -0.15) is 0 Å². The minimum Gasteiger partial charge on any atom is -0.411 e. The Balaban J connectivity index is 1.85. The van der Waals surface area contributed by atoms with Gasteiger partial charge in [-0.05, 0) is 63.8 Å². The van der Waals surface area contributed by atoms with E-state index in [2.05, 4.69) is 166 Å². The Hall–Kier alpha value is -2.07. The highest BCUT2D eigenvalue weighted by Gasteiger charge is 2.59. The summed E-state index contributed by atoms with van der Waals surface area (Å²) in [5.74, 6) is 0.216. The van der Waals surface area contributed by atoms with Crippen molar-refractivity contribution in [3.05, 3.63) is 108 Å². The normalized spacial score (nSPS) is 21.0. The molecule has 1 aliphatic rings. The van der Waals surface area contributed by atoms with Crippen LogP contribution in [-0.4, -0.2) is 47.2 Å². The van der Waals surface area contributed by atoms with Crippen LogP contribution in [0.5, 0.6) is 0 Å². The lowest BCUT2D eigenvalue weighted by atomic mass is 9.67. The van der Waals surface area contributed by atoms with E-state index in [4.69, 9.17) is 13.6 Å². The molecule has 0 bridgehead atoms. The lowest BCUT2D eigenvalue weighted by molar-refractivity contribution is -0.176. The molecule has 47 heavy (non-hydrogen) atoms. The van der Waals surface area contributed by atoms with E-state index in [9.17, 15) is 5.11 Å². The van der Waals surface area contributed by atoms with Crippen molar-refractivity contribution in [2.45, 2.75) is 121 Å². The van der Waals surface area contributed by atoms with Crippen LogP contribution in [0.15, 0.2) is 91.0 Å². The molecule has 6 heteroatoms. The van der Waals surface area contributed by atoms with Crippen molar-refractivity contribution in [3.8, 4) is 0 Å². The van der Waals surface area contributed by atoms with Crippen LogP contribution in [-0.2, 0) is 19.2 Å². The summed E-state index contributed by atoms with van der Waals surface area (Å²) >= 11 is 0. The minimum atomic E-state index is -2.27. The fourth-order valence-corrected chi connectivity index (χ4v) is 15.0. The Morgan fingerprint density at radius 2 is 1.00 bits per heavy atom. The van der Waals surface area contributed by atoms with Crippen LogP contribution in [0.1, 0.15) is 85.4 Å². The molecule has 1 saturated carbocycles. The molecule has 3 aromatic rings. The molecule has 0 aliphatic heterocycles. The highest BCUT2D eigenvalue weighted by Crippen LogP contribution is 2.53. The van der Waals surface area contributed by atoms with Gasteiger partial charge in [0.2, 0.25) is 8.32 Å². The Morgan fingerprint density at radius 1 is 0.617 bits per heavy atom. The molecule has 258 valence electrons. The van der Waals surface area contributed by atoms with E-state index in [0.717, 1.165) is 16.7 Å². The largest absolute Gasteiger partial charge is 0.411 e. The summed E-state index contributed by atoms with van der Waals surface area (Å²) in [5.41, 5.74) is 3.82.